The minimum Gasteiger partial charge on any atom is -0.468 e. The van der Waals surface area contributed by atoms with Crippen LogP contribution in [0.15, 0.2) is 66.9 Å². The molecule has 3 unspecified atom stereocenters. The van der Waals surface area contributed by atoms with E-state index in [4.69, 9.17) is 10.5 Å². The molecule has 0 radical (unpaired) electrons. The van der Waals surface area contributed by atoms with Crippen molar-refractivity contribution in [3.8, 4) is 0 Å². The fourth-order valence-corrected chi connectivity index (χ4v) is 4.88. The second kappa shape index (κ2) is 12.5. The topological polar surface area (TPSA) is 98.1 Å². The van der Waals surface area contributed by atoms with Crippen molar-refractivity contribution >= 4 is 11.9 Å². The van der Waals surface area contributed by atoms with E-state index in [2.05, 4.69) is 34.2 Å². The van der Waals surface area contributed by atoms with Gasteiger partial charge in [-0.05, 0) is 43.2 Å². The number of methoxy groups -OCH3 is 1. The zero-order chi connectivity index (χ0) is 26.1. The van der Waals surface area contributed by atoms with Gasteiger partial charge in [-0.25, -0.2) is 4.98 Å². The maximum atomic E-state index is 12.7. The number of carbonyl (C=O) groups is 2. The Balaban J connectivity index is 1.81. The molecule has 6 nitrogen and oxygen atoms in total. The zero-order valence-electron chi connectivity index (χ0n) is 21.9. The Morgan fingerprint density at radius 3 is 2.25 bits per heavy atom. The largest absolute Gasteiger partial charge is 0.468 e. The molecule has 0 aliphatic heterocycles. The molecule has 0 fully saturated rings. The summed E-state index contributed by atoms with van der Waals surface area (Å²) < 4.78 is 5.10. The standard InChI is InChI=1S/C30H39N3O3/c1-21(2)30(3,29(35)36-4)26-20-32-27(33-26)19-25(23-16-9-6-10-17-23)24(28(31)34)18-12-11-15-22-13-7-5-8-14-22/h5-10,13-14,16-17,20-21,24-25H,11-12,15,18-19H2,1-4H3,(H2,31,34)(H,32,33). The molecule has 6 heteroatoms. The molecule has 36 heavy (non-hydrogen) atoms. The van der Waals surface area contributed by atoms with E-state index in [1.807, 2.05) is 57.2 Å². The van der Waals surface area contributed by atoms with Gasteiger partial charge in [0.1, 0.15) is 11.2 Å². The number of rotatable bonds is 13. The van der Waals surface area contributed by atoms with Crippen molar-refractivity contribution in [1.29, 1.82) is 0 Å². The number of nitrogens with two attached hydrogens (primary N) is 1. The number of aryl methyl sites for hydroxylation is 1. The Kier molecular flexibility index (Phi) is 9.45. The molecule has 1 amide bonds. The van der Waals surface area contributed by atoms with Gasteiger partial charge in [0.15, 0.2) is 0 Å². The van der Waals surface area contributed by atoms with Crippen LogP contribution in [0.3, 0.4) is 0 Å². The molecule has 1 heterocycles. The van der Waals surface area contributed by atoms with E-state index in [1.165, 1.54) is 12.7 Å². The lowest BCUT2D eigenvalue weighted by atomic mass is 9.76. The van der Waals surface area contributed by atoms with Crippen LogP contribution in [0.25, 0.3) is 0 Å². The molecule has 1 aromatic heterocycles. The van der Waals surface area contributed by atoms with Crippen LogP contribution in [-0.2, 0) is 32.6 Å². The number of esters is 1. The second-order valence-electron chi connectivity index (χ2n) is 10.1. The second-order valence-corrected chi connectivity index (χ2v) is 10.1. The number of amides is 1. The van der Waals surface area contributed by atoms with E-state index < -0.39 is 5.41 Å². The molecule has 0 saturated heterocycles. The highest BCUT2D eigenvalue weighted by Crippen LogP contribution is 2.35. The molecule has 0 bridgehead atoms. The molecule has 2 aromatic carbocycles. The third-order valence-electron chi connectivity index (χ3n) is 7.52. The number of H-pyrrole nitrogens is 1. The molecule has 0 aliphatic rings. The summed E-state index contributed by atoms with van der Waals surface area (Å²) in [5.74, 6) is -0.314. The van der Waals surface area contributed by atoms with Crippen molar-refractivity contribution in [2.45, 2.75) is 64.2 Å². The van der Waals surface area contributed by atoms with Gasteiger partial charge < -0.3 is 15.5 Å². The molecule has 3 rings (SSSR count). The number of hydrogen-bond acceptors (Lipinski definition) is 4. The summed E-state index contributed by atoms with van der Waals surface area (Å²) in [7, 11) is 1.40. The Labute approximate surface area is 214 Å². The number of hydrogen-bond donors (Lipinski definition) is 2. The van der Waals surface area contributed by atoms with Crippen LogP contribution in [0, 0.1) is 11.8 Å². The Bertz CT molecular complexity index is 1110. The van der Waals surface area contributed by atoms with Crippen LogP contribution in [0.2, 0.25) is 0 Å². The number of imidazole rings is 1. The number of nitrogens with one attached hydrogen (secondary N) is 1. The summed E-state index contributed by atoms with van der Waals surface area (Å²) >= 11 is 0. The smallest absolute Gasteiger partial charge is 0.317 e. The Hall–Kier alpha value is -3.41. The minimum atomic E-state index is -0.844. The van der Waals surface area contributed by atoms with Gasteiger partial charge in [0.2, 0.25) is 5.91 Å². The number of unbranched alkanes of at least 4 members (excludes halogenated alkanes) is 1. The molecular formula is C30H39N3O3. The fraction of sp³-hybridized carbons (Fsp3) is 0.433. The number of ether oxygens (including phenoxy) is 1. The molecule has 192 valence electrons. The van der Waals surface area contributed by atoms with Crippen LogP contribution in [-0.4, -0.2) is 29.0 Å². The van der Waals surface area contributed by atoms with E-state index in [-0.39, 0.29) is 29.6 Å². The number of carbonyl (C=O) groups excluding carboxylic acids is 2. The van der Waals surface area contributed by atoms with Crippen LogP contribution in [0.1, 0.15) is 68.6 Å². The van der Waals surface area contributed by atoms with Crippen LogP contribution >= 0.6 is 0 Å². The quantitative estimate of drug-likeness (QED) is 0.250. The van der Waals surface area contributed by atoms with E-state index >= 15 is 0 Å². The summed E-state index contributed by atoms with van der Waals surface area (Å²) in [5, 5.41) is 0. The summed E-state index contributed by atoms with van der Waals surface area (Å²) in [6.07, 6.45) is 5.82. The molecule has 3 aromatic rings. The molecule has 0 saturated carbocycles. The SMILES string of the molecule is COC(=O)C(C)(c1cnc(CC(c2ccccc2)C(CCCCc2ccccc2)C(N)=O)[nH]1)C(C)C. The summed E-state index contributed by atoms with van der Waals surface area (Å²) in [5.41, 5.74) is 8.19. The van der Waals surface area contributed by atoms with E-state index in [9.17, 15) is 9.59 Å². The van der Waals surface area contributed by atoms with E-state index in [0.29, 0.717) is 18.5 Å². The maximum Gasteiger partial charge on any atom is 0.317 e. The number of nitrogens with zero attached hydrogens (tertiary/aromatic N) is 1. The number of primary amides is 1. The van der Waals surface area contributed by atoms with Crippen molar-refractivity contribution in [2.75, 3.05) is 7.11 Å². The first-order chi connectivity index (χ1) is 17.3. The predicted molar refractivity (Wildman–Crippen MR) is 142 cm³/mol. The highest BCUT2D eigenvalue weighted by Gasteiger charge is 2.41. The van der Waals surface area contributed by atoms with Gasteiger partial charge in [0.25, 0.3) is 0 Å². The lowest BCUT2D eigenvalue weighted by molar-refractivity contribution is -0.148. The first-order valence-corrected chi connectivity index (χ1v) is 12.8. The highest BCUT2D eigenvalue weighted by atomic mass is 16.5. The maximum absolute atomic E-state index is 12.7. The van der Waals surface area contributed by atoms with Crippen LogP contribution in [0.5, 0.6) is 0 Å². The van der Waals surface area contributed by atoms with E-state index in [0.717, 1.165) is 30.7 Å². The first kappa shape index (κ1) is 27.2. The Morgan fingerprint density at radius 1 is 1.03 bits per heavy atom. The van der Waals surface area contributed by atoms with Gasteiger partial charge in [-0.3, -0.25) is 9.59 Å². The fourth-order valence-electron chi connectivity index (χ4n) is 4.88. The molecule has 0 spiro atoms. The van der Waals surface area contributed by atoms with Crippen molar-refractivity contribution in [1.82, 2.24) is 9.97 Å². The summed E-state index contributed by atoms with van der Waals surface area (Å²) in [4.78, 5) is 33.3. The zero-order valence-corrected chi connectivity index (χ0v) is 21.9. The predicted octanol–water partition coefficient (Wildman–Crippen LogP) is 5.34. The van der Waals surface area contributed by atoms with Gasteiger partial charge >= 0.3 is 5.97 Å². The molecule has 3 N–H and O–H groups in total. The normalized spacial score (nSPS) is 14.7. The lowest BCUT2D eigenvalue weighted by Crippen LogP contribution is -2.39. The summed E-state index contributed by atoms with van der Waals surface area (Å²) in [6, 6.07) is 20.4. The van der Waals surface area contributed by atoms with Gasteiger partial charge in [-0.2, -0.15) is 0 Å². The van der Waals surface area contributed by atoms with Crippen molar-refractivity contribution in [2.24, 2.45) is 17.6 Å². The third kappa shape index (κ3) is 6.42. The third-order valence-corrected chi connectivity index (χ3v) is 7.52. The number of benzene rings is 2. The van der Waals surface area contributed by atoms with Gasteiger partial charge in [-0.15, -0.1) is 0 Å². The monoisotopic (exact) mass is 489 g/mol. The van der Waals surface area contributed by atoms with E-state index in [1.54, 1.807) is 6.20 Å². The van der Waals surface area contributed by atoms with Crippen molar-refractivity contribution in [3.05, 3.63) is 89.5 Å². The van der Waals surface area contributed by atoms with Gasteiger partial charge in [0.05, 0.1) is 12.8 Å². The number of aromatic amines is 1. The van der Waals surface area contributed by atoms with Gasteiger partial charge in [-0.1, -0.05) is 80.9 Å². The Morgan fingerprint density at radius 2 is 1.67 bits per heavy atom. The summed E-state index contributed by atoms with van der Waals surface area (Å²) in [6.45, 7) is 5.85. The average molecular weight is 490 g/mol. The minimum absolute atomic E-state index is 0.00570. The molecular weight excluding hydrogens is 450 g/mol. The van der Waals surface area contributed by atoms with Crippen LogP contribution < -0.4 is 5.73 Å². The average Bonchev–Trinajstić information content (AvgIpc) is 3.36. The van der Waals surface area contributed by atoms with Gasteiger partial charge in [0, 0.05) is 24.5 Å². The lowest BCUT2D eigenvalue weighted by Gasteiger charge is -2.29. The van der Waals surface area contributed by atoms with Crippen molar-refractivity contribution in [3.63, 3.8) is 0 Å². The number of aromatic nitrogens is 2. The highest BCUT2D eigenvalue weighted by molar-refractivity contribution is 5.82. The van der Waals surface area contributed by atoms with Crippen molar-refractivity contribution < 1.29 is 14.3 Å². The molecule has 0 aliphatic carbocycles. The first-order valence-electron chi connectivity index (χ1n) is 12.8. The van der Waals surface area contributed by atoms with Crippen LogP contribution in [0.4, 0.5) is 0 Å². The molecule has 3 atom stereocenters.